The number of nitrogens with zero attached hydrogens (tertiary/aromatic N) is 4. The van der Waals surface area contributed by atoms with Crippen molar-refractivity contribution in [3.8, 4) is 22.9 Å². The molecule has 0 amide bonds. The minimum atomic E-state index is 0.0709. The van der Waals surface area contributed by atoms with Gasteiger partial charge in [-0.15, -0.1) is 0 Å². The van der Waals surface area contributed by atoms with Gasteiger partial charge in [0.1, 0.15) is 17.0 Å². The molecule has 33 heavy (non-hydrogen) atoms. The van der Waals surface area contributed by atoms with Gasteiger partial charge in [0, 0.05) is 0 Å². The summed E-state index contributed by atoms with van der Waals surface area (Å²) in [5, 5.41) is 13.3. The van der Waals surface area contributed by atoms with E-state index in [-0.39, 0.29) is 17.7 Å². The van der Waals surface area contributed by atoms with Gasteiger partial charge >= 0.3 is 6.01 Å². The molecule has 0 aliphatic rings. The molecule has 2 heterocycles. The molecule has 0 aliphatic carbocycles. The van der Waals surface area contributed by atoms with Crippen LogP contribution in [0.4, 0.5) is 12.0 Å². The van der Waals surface area contributed by atoms with Crippen LogP contribution >= 0.6 is 0 Å². The standard InChI is InChI=1S/C25H19N5O3/c1-32-17-13-10-16(11-14-17)12-15-22-27-23(18-6-2-4-8-20(18)31)29-24(28-22)30-25-26-19-7-3-5-9-21(19)33-25/h2-15,31H,1H3,(H,26,27,28,29,30)/b15-12+. The van der Waals surface area contributed by atoms with E-state index in [1.165, 1.54) is 0 Å². The molecule has 2 N–H and O–H groups in total. The predicted octanol–water partition coefficient (Wildman–Crippen LogP) is 5.31. The van der Waals surface area contributed by atoms with Crippen LogP contribution in [-0.2, 0) is 0 Å². The van der Waals surface area contributed by atoms with Crippen LogP contribution in [0.15, 0.2) is 77.2 Å². The van der Waals surface area contributed by atoms with Gasteiger partial charge < -0.3 is 14.3 Å². The van der Waals surface area contributed by atoms with Crippen molar-refractivity contribution in [2.24, 2.45) is 0 Å². The van der Waals surface area contributed by atoms with E-state index in [0.29, 0.717) is 22.8 Å². The number of oxazole rings is 1. The number of benzene rings is 3. The lowest BCUT2D eigenvalue weighted by Crippen LogP contribution is -2.03. The number of nitrogens with one attached hydrogen (secondary N) is 1. The summed E-state index contributed by atoms with van der Waals surface area (Å²) in [6.07, 6.45) is 3.65. The lowest BCUT2D eigenvalue weighted by atomic mass is 10.2. The number of para-hydroxylation sites is 3. The molecule has 0 aliphatic heterocycles. The zero-order valence-corrected chi connectivity index (χ0v) is 17.6. The summed E-state index contributed by atoms with van der Waals surface area (Å²) in [5.74, 6) is 1.80. The van der Waals surface area contributed by atoms with Gasteiger partial charge in [-0.05, 0) is 48.0 Å². The molecule has 0 saturated heterocycles. The molecular formula is C25H19N5O3. The average molecular weight is 437 g/mol. The Morgan fingerprint density at radius 3 is 2.42 bits per heavy atom. The first-order chi connectivity index (χ1) is 16.2. The van der Waals surface area contributed by atoms with Crippen molar-refractivity contribution in [2.45, 2.75) is 0 Å². The number of hydrogen-bond acceptors (Lipinski definition) is 8. The van der Waals surface area contributed by atoms with Crippen molar-refractivity contribution in [2.75, 3.05) is 12.4 Å². The highest BCUT2D eigenvalue weighted by atomic mass is 16.5. The number of aromatic nitrogens is 4. The number of hydrogen-bond donors (Lipinski definition) is 2. The molecule has 0 spiro atoms. The third-order valence-electron chi connectivity index (χ3n) is 4.85. The lowest BCUT2D eigenvalue weighted by Gasteiger charge is -2.07. The first kappa shape index (κ1) is 20.2. The fourth-order valence-electron chi connectivity index (χ4n) is 3.21. The molecule has 162 valence electrons. The highest BCUT2D eigenvalue weighted by molar-refractivity contribution is 5.75. The second-order valence-corrected chi connectivity index (χ2v) is 7.08. The maximum atomic E-state index is 10.3. The normalized spacial score (nSPS) is 11.2. The second kappa shape index (κ2) is 8.80. The summed E-state index contributed by atoms with van der Waals surface area (Å²) in [6, 6.07) is 22.2. The Morgan fingerprint density at radius 2 is 1.64 bits per heavy atom. The van der Waals surface area contributed by atoms with Crippen molar-refractivity contribution < 1.29 is 14.3 Å². The Labute approximate surface area is 189 Å². The van der Waals surface area contributed by atoms with Gasteiger partial charge in [0.2, 0.25) is 5.95 Å². The molecule has 2 aromatic heterocycles. The summed E-state index contributed by atoms with van der Waals surface area (Å²) in [5.41, 5.74) is 2.80. The monoisotopic (exact) mass is 437 g/mol. The third-order valence-corrected chi connectivity index (χ3v) is 4.85. The molecule has 8 heteroatoms. The van der Waals surface area contributed by atoms with Gasteiger partial charge in [0.15, 0.2) is 17.2 Å². The zero-order valence-electron chi connectivity index (χ0n) is 17.6. The molecule has 8 nitrogen and oxygen atoms in total. The van der Waals surface area contributed by atoms with E-state index in [1.54, 1.807) is 37.5 Å². The summed E-state index contributed by atoms with van der Waals surface area (Å²) in [6.45, 7) is 0. The fraction of sp³-hybridized carbons (Fsp3) is 0.0400. The van der Waals surface area contributed by atoms with Gasteiger partial charge in [0.25, 0.3) is 0 Å². The van der Waals surface area contributed by atoms with Crippen molar-refractivity contribution >= 4 is 35.2 Å². The van der Waals surface area contributed by atoms with Crippen molar-refractivity contribution in [1.82, 2.24) is 19.9 Å². The third kappa shape index (κ3) is 4.49. The summed E-state index contributed by atoms with van der Waals surface area (Å²) < 4.78 is 10.9. The summed E-state index contributed by atoms with van der Waals surface area (Å²) in [4.78, 5) is 17.9. The van der Waals surface area contributed by atoms with Crippen molar-refractivity contribution in [1.29, 1.82) is 0 Å². The molecule has 0 radical (unpaired) electrons. The molecule has 0 fully saturated rings. The Balaban J connectivity index is 1.52. The van der Waals surface area contributed by atoms with Crippen LogP contribution in [0.5, 0.6) is 11.5 Å². The minimum absolute atomic E-state index is 0.0709. The Kier molecular flexibility index (Phi) is 5.38. The van der Waals surface area contributed by atoms with Gasteiger partial charge in [-0.25, -0.2) is 4.98 Å². The van der Waals surface area contributed by atoms with E-state index in [2.05, 4.69) is 25.3 Å². The van der Waals surface area contributed by atoms with Gasteiger partial charge in [-0.3, -0.25) is 5.32 Å². The molecular weight excluding hydrogens is 418 g/mol. The van der Waals surface area contributed by atoms with Gasteiger partial charge in [-0.2, -0.15) is 15.0 Å². The van der Waals surface area contributed by atoms with Crippen LogP contribution in [0.25, 0.3) is 34.6 Å². The largest absolute Gasteiger partial charge is 0.507 e. The summed E-state index contributed by atoms with van der Waals surface area (Å²) in [7, 11) is 1.63. The number of anilines is 2. The topological polar surface area (TPSA) is 106 Å². The maximum absolute atomic E-state index is 10.3. The molecule has 5 aromatic rings. The van der Waals surface area contributed by atoms with Crippen LogP contribution in [0.1, 0.15) is 11.4 Å². The predicted molar refractivity (Wildman–Crippen MR) is 126 cm³/mol. The first-order valence-corrected chi connectivity index (χ1v) is 10.2. The van der Waals surface area contributed by atoms with E-state index in [0.717, 1.165) is 16.8 Å². The number of phenolic OH excluding ortho intramolecular Hbond substituents is 1. The Hall–Kier alpha value is -4.72. The highest BCUT2D eigenvalue weighted by Crippen LogP contribution is 2.27. The second-order valence-electron chi connectivity index (χ2n) is 7.08. The first-order valence-electron chi connectivity index (χ1n) is 10.2. The summed E-state index contributed by atoms with van der Waals surface area (Å²) >= 11 is 0. The number of phenols is 1. The van der Waals surface area contributed by atoms with Gasteiger partial charge in [0.05, 0.1) is 12.7 Å². The van der Waals surface area contributed by atoms with E-state index >= 15 is 0 Å². The van der Waals surface area contributed by atoms with Crippen molar-refractivity contribution in [3.63, 3.8) is 0 Å². The van der Waals surface area contributed by atoms with E-state index in [1.807, 2.05) is 54.6 Å². The van der Waals surface area contributed by atoms with Crippen LogP contribution < -0.4 is 10.1 Å². The van der Waals surface area contributed by atoms with Crippen molar-refractivity contribution in [3.05, 3.63) is 84.2 Å². The van der Waals surface area contributed by atoms with Crippen LogP contribution in [-0.4, -0.2) is 32.2 Å². The van der Waals surface area contributed by atoms with Crippen LogP contribution in [0.2, 0.25) is 0 Å². The highest BCUT2D eigenvalue weighted by Gasteiger charge is 2.13. The van der Waals surface area contributed by atoms with E-state index in [4.69, 9.17) is 9.15 Å². The molecule has 0 saturated carbocycles. The van der Waals surface area contributed by atoms with E-state index < -0.39 is 0 Å². The van der Waals surface area contributed by atoms with Crippen LogP contribution in [0, 0.1) is 0 Å². The number of methoxy groups -OCH3 is 1. The molecule has 0 atom stereocenters. The van der Waals surface area contributed by atoms with E-state index in [9.17, 15) is 5.11 Å². The Bertz CT molecular complexity index is 1410. The van der Waals surface area contributed by atoms with Crippen LogP contribution in [0.3, 0.4) is 0 Å². The molecule has 5 rings (SSSR count). The molecule has 3 aromatic carbocycles. The number of fused-ring (bicyclic) bond motifs is 1. The zero-order chi connectivity index (χ0) is 22.6. The molecule has 0 unspecified atom stereocenters. The maximum Gasteiger partial charge on any atom is 0.302 e. The number of aromatic hydroxyl groups is 1. The number of ether oxygens (including phenoxy) is 1. The Morgan fingerprint density at radius 1 is 0.848 bits per heavy atom. The molecule has 0 bridgehead atoms. The quantitative estimate of drug-likeness (QED) is 0.368. The van der Waals surface area contributed by atoms with Gasteiger partial charge in [-0.1, -0.05) is 42.5 Å². The minimum Gasteiger partial charge on any atom is -0.507 e. The SMILES string of the molecule is COc1ccc(/C=C/c2nc(Nc3nc4ccccc4o3)nc(-c3ccccc3O)n2)cc1. The average Bonchev–Trinajstić information content (AvgIpc) is 3.25. The smallest absolute Gasteiger partial charge is 0.302 e. The lowest BCUT2D eigenvalue weighted by molar-refractivity contribution is 0.415. The fourth-order valence-corrected chi connectivity index (χ4v) is 3.21. The number of rotatable bonds is 6.